The topological polar surface area (TPSA) is 75.4 Å². The lowest BCUT2D eigenvalue weighted by molar-refractivity contribution is -0.143. The molecule has 1 aliphatic rings. The lowest BCUT2D eigenvalue weighted by Crippen LogP contribution is -2.37. The van der Waals surface area contributed by atoms with Gasteiger partial charge in [-0.1, -0.05) is 13.8 Å². The molecular formula is C18H29N3O3. The summed E-state index contributed by atoms with van der Waals surface area (Å²) < 4.78 is 2.03. The van der Waals surface area contributed by atoms with Crippen molar-refractivity contribution in [2.24, 2.45) is 11.8 Å². The number of aromatic nitrogens is 2. The minimum absolute atomic E-state index is 0.0432. The molecule has 1 amide bonds. The molecule has 6 heteroatoms. The Morgan fingerprint density at radius 1 is 1.33 bits per heavy atom. The summed E-state index contributed by atoms with van der Waals surface area (Å²) in [5.41, 5.74) is 3.26. The second kappa shape index (κ2) is 7.36. The second-order valence-corrected chi connectivity index (χ2v) is 7.29. The molecule has 0 spiro atoms. The summed E-state index contributed by atoms with van der Waals surface area (Å²) in [4.78, 5) is 25.4. The zero-order valence-corrected chi connectivity index (χ0v) is 15.4. The van der Waals surface area contributed by atoms with Crippen LogP contribution in [0.1, 0.15) is 50.6 Å². The lowest BCUT2D eigenvalue weighted by atomic mass is 10.0. The van der Waals surface area contributed by atoms with Crippen LogP contribution in [0.5, 0.6) is 0 Å². The van der Waals surface area contributed by atoms with E-state index in [0.717, 1.165) is 23.5 Å². The zero-order valence-electron chi connectivity index (χ0n) is 15.4. The molecular weight excluding hydrogens is 306 g/mol. The van der Waals surface area contributed by atoms with E-state index in [-0.39, 0.29) is 11.9 Å². The zero-order chi connectivity index (χ0) is 18.0. The molecule has 2 rings (SSSR count). The lowest BCUT2D eigenvalue weighted by Gasteiger charge is -2.23. The highest BCUT2D eigenvalue weighted by Crippen LogP contribution is 2.26. The van der Waals surface area contributed by atoms with Gasteiger partial charge in [0.25, 0.3) is 0 Å². The molecule has 1 aliphatic heterocycles. The number of carboxylic acid groups (broad SMARTS) is 1. The van der Waals surface area contributed by atoms with Crippen molar-refractivity contribution in [1.82, 2.24) is 14.7 Å². The summed E-state index contributed by atoms with van der Waals surface area (Å²) in [6, 6.07) is -0.221. The van der Waals surface area contributed by atoms with E-state index in [4.69, 9.17) is 0 Å². The molecule has 24 heavy (non-hydrogen) atoms. The van der Waals surface area contributed by atoms with Crippen molar-refractivity contribution in [2.45, 2.75) is 66.5 Å². The number of rotatable bonds is 6. The van der Waals surface area contributed by atoms with Gasteiger partial charge in [0.05, 0.1) is 11.6 Å². The predicted molar refractivity (Wildman–Crippen MR) is 91.8 cm³/mol. The largest absolute Gasteiger partial charge is 0.481 e. The van der Waals surface area contributed by atoms with Gasteiger partial charge < -0.3 is 10.0 Å². The molecule has 1 N–H and O–H groups in total. The summed E-state index contributed by atoms with van der Waals surface area (Å²) in [6.07, 6.45) is 1.62. The van der Waals surface area contributed by atoms with Crippen LogP contribution in [-0.2, 0) is 22.6 Å². The molecule has 134 valence electrons. The third kappa shape index (κ3) is 3.79. The molecule has 1 aromatic heterocycles. The van der Waals surface area contributed by atoms with Crippen LogP contribution in [0.15, 0.2) is 0 Å². The maximum atomic E-state index is 12.5. The van der Waals surface area contributed by atoms with Crippen LogP contribution < -0.4 is 0 Å². The molecule has 0 aromatic carbocycles. The van der Waals surface area contributed by atoms with E-state index in [9.17, 15) is 14.7 Å². The molecule has 6 nitrogen and oxygen atoms in total. The molecule has 2 heterocycles. The van der Waals surface area contributed by atoms with Crippen LogP contribution in [0.3, 0.4) is 0 Å². The number of hydrogen-bond acceptors (Lipinski definition) is 3. The Morgan fingerprint density at radius 3 is 2.54 bits per heavy atom. The van der Waals surface area contributed by atoms with Gasteiger partial charge in [0, 0.05) is 31.2 Å². The third-order valence-electron chi connectivity index (χ3n) is 5.05. The highest BCUT2D eigenvalue weighted by atomic mass is 16.4. The molecule has 2 atom stereocenters. The normalized spacial score (nSPS) is 20.8. The molecule has 1 saturated heterocycles. The predicted octanol–water partition coefficient (Wildman–Crippen LogP) is 2.41. The first-order valence-corrected chi connectivity index (χ1v) is 8.77. The molecule has 1 fully saturated rings. The monoisotopic (exact) mass is 335 g/mol. The first kappa shape index (κ1) is 18.5. The van der Waals surface area contributed by atoms with Crippen LogP contribution in [0.2, 0.25) is 0 Å². The maximum Gasteiger partial charge on any atom is 0.308 e. The fraction of sp³-hybridized carbons (Fsp3) is 0.722. The van der Waals surface area contributed by atoms with Gasteiger partial charge in [0.1, 0.15) is 0 Å². The minimum Gasteiger partial charge on any atom is -0.481 e. The average Bonchev–Trinajstić information content (AvgIpc) is 2.98. The Hall–Kier alpha value is -1.85. The first-order valence-electron chi connectivity index (χ1n) is 8.77. The van der Waals surface area contributed by atoms with E-state index >= 15 is 0 Å². The van der Waals surface area contributed by atoms with Crippen molar-refractivity contribution in [3.63, 3.8) is 0 Å². The van der Waals surface area contributed by atoms with E-state index in [1.54, 1.807) is 4.90 Å². The van der Waals surface area contributed by atoms with Crippen LogP contribution in [0, 0.1) is 25.7 Å². The molecule has 0 saturated carbocycles. The average molecular weight is 335 g/mol. The Labute approximate surface area is 143 Å². The molecule has 2 unspecified atom stereocenters. The van der Waals surface area contributed by atoms with Crippen molar-refractivity contribution < 1.29 is 14.7 Å². The van der Waals surface area contributed by atoms with Crippen molar-refractivity contribution in [3.8, 4) is 0 Å². The highest BCUT2D eigenvalue weighted by molar-refractivity contribution is 5.79. The quantitative estimate of drug-likeness (QED) is 0.866. The molecule has 1 aromatic rings. The van der Waals surface area contributed by atoms with E-state index in [2.05, 4.69) is 25.9 Å². The van der Waals surface area contributed by atoms with E-state index in [1.165, 1.54) is 0 Å². The number of carbonyl (C=O) groups excluding carboxylic acids is 1. The van der Waals surface area contributed by atoms with Gasteiger partial charge in [-0.25, -0.2) is 0 Å². The Morgan fingerprint density at radius 2 is 2.00 bits per heavy atom. The number of carboxylic acids is 1. The number of carbonyl (C=O) groups is 2. The summed E-state index contributed by atoms with van der Waals surface area (Å²) in [7, 11) is 0. The number of amides is 1. The van der Waals surface area contributed by atoms with Gasteiger partial charge >= 0.3 is 5.97 Å². The second-order valence-electron chi connectivity index (χ2n) is 7.29. The van der Waals surface area contributed by atoms with Gasteiger partial charge in [0.15, 0.2) is 0 Å². The maximum absolute atomic E-state index is 12.5. The van der Waals surface area contributed by atoms with Crippen LogP contribution in [0.25, 0.3) is 0 Å². The van der Waals surface area contributed by atoms with Gasteiger partial charge in [-0.05, 0) is 45.1 Å². The summed E-state index contributed by atoms with van der Waals surface area (Å²) >= 11 is 0. The number of aryl methyl sites for hydroxylation is 1. The number of nitrogens with zero attached hydrogens (tertiary/aromatic N) is 3. The molecule has 0 bridgehead atoms. The number of hydrogen-bond donors (Lipinski definition) is 1. The Balaban J connectivity index is 2.00. The van der Waals surface area contributed by atoms with Crippen molar-refractivity contribution >= 4 is 11.9 Å². The van der Waals surface area contributed by atoms with Crippen LogP contribution in [0.4, 0.5) is 0 Å². The summed E-state index contributed by atoms with van der Waals surface area (Å²) in [5.74, 6) is -0.678. The number of likely N-dealkylation sites (tertiary alicyclic amines) is 1. The van der Waals surface area contributed by atoms with Gasteiger partial charge in [-0.3, -0.25) is 14.3 Å². The Bertz CT molecular complexity index is 621. The smallest absolute Gasteiger partial charge is 0.308 e. The number of aliphatic carboxylic acids is 1. The minimum atomic E-state index is -0.806. The Kier molecular flexibility index (Phi) is 5.67. The highest BCUT2D eigenvalue weighted by Gasteiger charge is 2.37. The SMILES string of the molecule is Cc1nn(CC(C)C)c(C)c1CCC(=O)N1CCC(C(=O)O)C1C. The van der Waals surface area contributed by atoms with Gasteiger partial charge in [-0.15, -0.1) is 0 Å². The first-order chi connectivity index (χ1) is 11.2. The van der Waals surface area contributed by atoms with Crippen LogP contribution in [-0.4, -0.2) is 44.3 Å². The van der Waals surface area contributed by atoms with Crippen molar-refractivity contribution in [3.05, 3.63) is 17.0 Å². The standard InChI is InChI=1S/C18H29N3O3/c1-11(2)10-21-14(5)15(12(3)19-21)6-7-17(22)20-9-8-16(13(20)4)18(23)24/h11,13,16H,6-10H2,1-5H3,(H,23,24). The molecule has 0 aliphatic carbocycles. The van der Waals surface area contributed by atoms with Gasteiger partial charge in [-0.2, -0.15) is 5.10 Å². The summed E-state index contributed by atoms with van der Waals surface area (Å²) in [6.45, 7) is 11.6. The molecule has 0 radical (unpaired) electrons. The fourth-order valence-corrected chi connectivity index (χ4v) is 3.62. The summed E-state index contributed by atoms with van der Waals surface area (Å²) in [5, 5.41) is 13.8. The third-order valence-corrected chi connectivity index (χ3v) is 5.05. The van der Waals surface area contributed by atoms with Crippen molar-refractivity contribution in [2.75, 3.05) is 6.54 Å². The van der Waals surface area contributed by atoms with Crippen molar-refractivity contribution in [1.29, 1.82) is 0 Å². The van der Waals surface area contributed by atoms with E-state index in [0.29, 0.717) is 31.7 Å². The van der Waals surface area contributed by atoms with E-state index in [1.807, 2.05) is 18.5 Å². The van der Waals surface area contributed by atoms with Gasteiger partial charge in [0.2, 0.25) is 5.91 Å². The van der Waals surface area contributed by atoms with E-state index < -0.39 is 11.9 Å². The fourth-order valence-electron chi connectivity index (χ4n) is 3.62. The van der Waals surface area contributed by atoms with Crippen LogP contribution >= 0.6 is 0 Å².